The molecule has 3 saturated heterocycles. The Morgan fingerprint density at radius 2 is 2.11 bits per heavy atom. The molecule has 2 N–H and O–H groups in total. The molecule has 0 radical (unpaired) electrons. The molecular weight excluding hydrogens is 485 g/mol. The molecule has 0 amide bonds. The summed E-state index contributed by atoms with van der Waals surface area (Å²) >= 11 is 0. The minimum atomic E-state index is -0.662. The van der Waals surface area contributed by atoms with E-state index >= 15 is 4.39 Å². The Balaban J connectivity index is 1.31. The van der Waals surface area contributed by atoms with Crippen molar-refractivity contribution in [2.75, 3.05) is 38.2 Å². The first-order chi connectivity index (χ1) is 18.4. The van der Waals surface area contributed by atoms with Gasteiger partial charge < -0.3 is 19.9 Å². The Kier molecular flexibility index (Phi) is 7.03. The first-order valence-corrected chi connectivity index (χ1v) is 13.7. The molecule has 3 fully saturated rings. The van der Waals surface area contributed by atoms with Crippen LogP contribution in [0, 0.1) is 5.82 Å². The maximum atomic E-state index is 15.0. The fraction of sp³-hybridized carbons (Fsp3) is 0.552. The number of benzene rings is 1. The van der Waals surface area contributed by atoms with Crippen molar-refractivity contribution in [2.45, 2.75) is 69.7 Å². The van der Waals surface area contributed by atoms with E-state index in [-0.39, 0.29) is 29.9 Å². The van der Waals surface area contributed by atoms with Crippen molar-refractivity contribution in [3.05, 3.63) is 47.5 Å². The van der Waals surface area contributed by atoms with Crippen molar-refractivity contribution < 1.29 is 19.0 Å². The second-order valence-electron chi connectivity index (χ2n) is 11.3. The molecule has 8 nitrogen and oxygen atoms in total. The fourth-order valence-electron chi connectivity index (χ4n) is 6.29. The van der Waals surface area contributed by atoms with Crippen LogP contribution in [0.1, 0.15) is 56.6 Å². The molecule has 0 aliphatic carbocycles. The highest BCUT2D eigenvalue weighted by Gasteiger charge is 2.41. The second-order valence-corrected chi connectivity index (χ2v) is 11.3. The summed E-state index contributed by atoms with van der Waals surface area (Å²) in [6.45, 7) is 8.89. The molecule has 0 bridgehead atoms. The van der Waals surface area contributed by atoms with Gasteiger partial charge in [-0.05, 0) is 54.9 Å². The largest absolute Gasteiger partial charge is 0.389 e. The summed E-state index contributed by atoms with van der Waals surface area (Å²) in [5.74, 6) is 0.0737. The molecule has 5 heterocycles. The Labute approximate surface area is 222 Å². The molecule has 9 heteroatoms. The maximum Gasteiger partial charge on any atom is 0.223 e. The number of rotatable bonds is 6. The third-order valence-corrected chi connectivity index (χ3v) is 8.20. The highest BCUT2D eigenvalue weighted by Crippen LogP contribution is 2.37. The zero-order chi connectivity index (χ0) is 26.3. The van der Waals surface area contributed by atoms with Gasteiger partial charge >= 0.3 is 0 Å². The van der Waals surface area contributed by atoms with Crippen LogP contribution in [0.5, 0.6) is 0 Å². The molecule has 1 spiro atoms. The molecule has 3 atom stereocenters. The van der Waals surface area contributed by atoms with E-state index in [0.29, 0.717) is 24.5 Å². The predicted octanol–water partition coefficient (Wildman–Crippen LogP) is 4.27. The quantitative estimate of drug-likeness (QED) is 0.497. The zero-order valence-corrected chi connectivity index (χ0v) is 22.1. The number of hydrogen-bond donors (Lipinski definition) is 2. The summed E-state index contributed by atoms with van der Waals surface area (Å²) in [7, 11) is 0. The van der Waals surface area contributed by atoms with E-state index in [4.69, 9.17) is 14.5 Å². The first kappa shape index (κ1) is 25.6. The van der Waals surface area contributed by atoms with Crippen molar-refractivity contribution >= 4 is 16.9 Å². The summed E-state index contributed by atoms with van der Waals surface area (Å²) < 4.78 is 26.4. The third-order valence-electron chi connectivity index (χ3n) is 8.20. The molecule has 0 unspecified atom stereocenters. The van der Waals surface area contributed by atoms with Gasteiger partial charge in [0.25, 0.3) is 0 Å². The van der Waals surface area contributed by atoms with Gasteiger partial charge in [0.15, 0.2) is 5.82 Å². The normalized spacial score (nSPS) is 26.1. The molecule has 3 aliphatic rings. The van der Waals surface area contributed by atoms with Crippen LogP contribution in [0.2, 0.25) is 0 Å². The van der Waals surface area contributed by atoms with Gasteiger partial charge in [0.1, 0.15) is 5.69 Å². The standard InChI is InChI=1S/C29H36FN5O3/c1-18(2)26-20(15-35-9-8-29(17-35)7-3-10-38-29)13-31-23-5-4-19(12-21(23)26)27-22(30)14-32-28(34-27)33-24-6-11-37-16-25(24)36/h4-5,12-14,18,24-25,36H,3,6-11,15-17H2,1-2H3,(H,32,33,34)/t24-,25-,29+/m1/s1. The monoisotopic (exact) mass is 521 g/mol. The first-order valence-electron chi connectivity index (χ1n) is 13.7. The van der Waals surface area contributed by atoms with Crippen LogP contribution in [-0.2, 0) is 16.0 Å². The predicted molar refractivity (Wildman–Crippen MR) is 143 cm³/mol. The topological polar surface area (TPSA) is 92.6 Å². The summed E-state index contributed by atoms with van der Waals surface area (Å²) in [6.07, 6.45) is 6.54. The van der Waals surface area contributed by atoms with Crippen LogP contribution in [0.4, 0.5) is 10.3 Å². The van der Waals surface area contributed by atoms with Gasteiger partial charge in [0.2, 0.25) is 5.95 Å². The van der Waals surface area contributed by atoms with E-state index < -0.39 is 11.9 Å². The van der Waals surface area contributed by atoms with E-state index in [0.717, 1.165) is 56.4 Å². The summed E-state index contributed by atoms with van der Waals surface area (Å²) in [6, 6.07) is 5.57. The summed E-state index contributed by atoms with van der Waals surface area (Å²) in [4.78, 5) is 15.9. The third kappa shape index (κ3) is 5.00. The number of likely N-dealkylation sites (tertiary alicyclic amines) is 1. The Bertz CT molecular complexity index is 1310. The Morgan fingerprint density at radius 1 is 1.21 bits per heavy atom. The second kappa shape index (κ2) is 10.4. The fourth-order valence-corrected chi connectivity index (χ4v) is 6.29. The average Bonchev–Trinajstić information content (AvgIpc) is 3.54. The van der Waals surface area contributed by atoms with Gasteiger partial charge in [0, 0.05) is 50.0 Å². The van der Waals surface area contributed by atoms with Gasteiger partial charge in [0.05, 0.1) is 36.1 Å². The van der Waals surface area contributed by atoms with Crippen LogP contribution in [0.15, 0.2) is 30.6 Å². The van der Waals surface area contributed by atoms with E-state index in [1.54, 1.807) is 0 Å². The molecular formula is C29H36FN5O3. The minimum absolute atomic E-state index is 0.0341. The SMILES string of the molecule is CC(C)c1c(CN2CC[C@@]3(CCCO3)C2)cnc2ccc(-c3nc(N[C@@H]4CCOC[C@H]4O)ncc3F)cc12. The van der Waals surface area contributed by atoms with Crippen LogP contribution < -0.4 is 5.32 Å². The lowest BCUT2D eigenvalue weighted by molar-refractivity contribution is -0.0136. The van der Waals surface area contributed by atoms with Gasteiger partial charge in [-0.3, -0.25) is 9.88 Å². The molecule has 1 aromatic carbocycles. The number of hydrogen-bond acceptors (Lipinski definition) is 8. The molecule has 3 aliphatic heterocycles. The van der Waals surface area contributed by atoms with E-state index in [2.05, 4.69) is 34.0 Å². The number of fused-ring (bicyclic) bond motifs is 1. The lowest BCUT2D eigenvalue weighted by atomic mass is 9.92. The zero-order valence-electron chi connectivity index (χ0n) is 22.1. The number of pyridine rings is 1. The minimum Gasteiger partial charge on any atom is -0.389 e. The highest BCUT2D eigenvalue weighted by molar-refractivity contribution is 5.88. The van der Waals surface area contributed by atoms with Crippen LogP contribution in [0.25, 0.3) is 22.2 Å². The van der Waals surface area contributed by atoms with E-state index in [1.165, 1.54) is 17.3 Å². The number of nitrogens with one attached hydrogen (secondary N) is 1. The highest BCUT2D eigenvalue weighted by atomic mass is 19.1. The van der Waals surface area contributed by atoms with Crippen molar-refractivity contribution in [3.63, 3.8) is 0 Å². The Hall–Kier alpha value is -2.72. The lowest BCUT2D eigenvalue weighted by Gasteiger charge is -2.28. The van der Waals surface area contributed by atoms with Gasteiger partial charge in [-0.1, -0.05) is 19.9 Å². The smallest absolute Gasteiger partial charge is 0.223 e. The van der Waals surface area contributed by atoms with E-state index in [9.17, 15) is 5.11 Å². The molecule has 202 valence electrons. The summed E-state index contributed by atoms with van der Waals surface area (Å²) in [5.41, 5.74) is 4.27. The maximum absolute atomic E-state index is 15.0. The lowest BCUT2D eigenvalue weighted by Crippen LogP contribution is -2.42. The Morgan fingerprint density at radius 3 is 2.89 bits per heavy atom. The number of aliphatic hydroxyl groups is 1. The van der Waals surface area contributed by atoms with Crippen molar-refractivity contribution in [1.82, 2.24) is 19.9 Å². The van der Waals surface area contributed by atoms with Gasteiger partial charge in [-0.2, -0.15) is 0 Å². The van der Waals surface area contributed by atoms with E-state index in [1.807, 2.05) is 24.4 Å². The van der Waals surface area contributed by atoms with Crippen LogP contribution in [0.3, 0.4) is 0 Å². The number of aliphatic hydroxyl groups excluding tert-OH is 1. The van der Waals surface area contributed by atoms with Gasteiger partial charge in [-0.25, -0.2) is 14.4 Å². The molecule has 3 aromatic rings. The number of anilines is 1. The van der Waals surface area contributed by atoms with Crippen molar-refractivity contribution in [1.29, 1.82) is 0 Å². The number of aromatic nitrogens is 3. The van der Waals surface area contributed by atoms with Crippen molar-refractivity contribution in [2.24, 2.45) is 0 Å². The average molecular weight is 522 g/mol. The molecule has 0 saturated carbocycles. The van der Waals surface area contributed by atoms with Gasteiger partial charge in [-0.15, -0.1) is 0 Å². The number of halogens is 1. The van der Waals surface area contributed by atoms with Crippen LogP contribution in [-0.4, -0.2) is 75.6 Å². The molecule has 6 rings (SSSR count). The molecule has 38 heavy (non-hydrogen) atoms. The number of nitrogens with zero attached hydrogens (tertiary/aromatic N) is 4. The summed E-state index contributed by atoms with van der Waals surface area (Å²) in [5, 5.41) is 14.4. The number of ether oxygens (including phenoxy) is 2. The molecule has 2 aromatic heterocycles. The van der Waals surface area contributed by atoms with Crippen LogP contribution >= 0.6 is 0 Å². The van der Waals surface area contributed by atoms with Crippen molar-refractivity contribution in [3.8, 4) is 11.3 Å².